The molecular weight excluding hydrogens is 267 g/mol. The van der Waals surface area contributed by atoms with E-state index in [1.54, 1.807) is 12.1 Å². The summed E-state index contributed by atoms with van der Waals surface area (Å²) >= 11 is 12.0. The van der Waals surface area contributed by atoms with Crippen molar-refractivity contribution in [2.24, 2.45) is 0 Å². The Morgan fingerprint density at radius 3 is 2.61 bits per heavy atom. The molecule has 2 aromatic carbocycles. The number of imidazole rings is 1. The van der Waals surface area contributed by atoms with E-state index in [9.17, 15) is 0 Å². The molecule has 4 heteroatoms. The van der Waals surface area contributed by atoms with E-state index < -0.39 is 0 Å². The van der Waals surface area contributed by atoms with Crippen molar-refractivity contribution >= 4 is 34.2 Å². The minimum absolute atomic E-state index is 0.520. The Morgan fingerprint density at radius 2 is 1.83 bits per heavy atom. The third-order valence-electron chi connectivity index (χ3n) is 2.82. The van der Waals surface area contributed by atoms with E-state index in [2.05, 4.69) is 29.0 Å². The number of H-pyrrole nitrogens is 1. The zero-order valence-electron chi connectivity index (χ0n) is 9.67. The van der Waals surface area contributed by atoms with Gasteiger partial charge in [0.2, 0.25) is 0 Å². The van der Waals surface area contributed by atoms with Crippen LogP contribution in [0.2, 0.25) is 10.0 Å². The molecule has 0 saturated carbocycles. The van der Waals surface area contributed by atoms with Crippen molar-refractivity contribution in [3.8, 4) is 11.4 Å². The van der Waals surface area contributed by atoms with E-state index in [1.165, 1.54) is 5.56 Å². The summed E-state index contributed by atoms with van der Waals surface area (Å²) in [6.07, 6.45) is 0. The van der Waals surface area contributed by atoms with Gasteiger partial charge in [0, 0.05) is 5.56 Å². The summed E-state index contributed by atoms with van der Waals surface area (Å²) in [7, 11) is 0. The highest BCUT2D eigenvalue weighted by Crippen LogP contribution is 2.28. The van der Waals surface area contributed by atoms with Crippen molar-refractivity contribution in [1.29, 1.82) is 0 Å². The molecule has 1 aromatic heterocycles. The summed E-state index contributed by atoms with van der Waals surface area (Å²) in [5, 5.41) is 1.05. The lowest BCUT2D eigenvalue weighted by Gasteiger charge is -1.97. The summed E-state index contributed by atoms with van der Waals surface area (Å²) in [4.78, 5) is 7.78. The number of hydrogen-bond acceptors (Lipinski definition) is 1. The van der Waals surface area contributed by atoms with Crippen LogP contribution in [0, 0.1) is 6.92 Å². The minimum Gasteiger partial charge on any atom is -0.338 e. The monoisotopic (exact) mass is 276 g/mol. The molecule has 2 nitrogen and oxygen atoms in total. The van der Waals surface area contributed by atoms with Gasteiger partial charge in [-0.05, 0) is 25.1 Å². The molecular formula is C14H10Cl2N2. The van der Waals surface area contributed by atoms with Crippen LogP contribution in [0.1, 0.15) is 5.56 Å². The van der Waals surface area contributed by atoms with Gasteiger partial charge in [0.1, 0.15) is 5.82 Å². The first-order valence-electron chi connectivity index (χ1n) is 5.55. The zero-order valence-corrected chi connectivity index (χ0v) is 11.2. The van der Waals surface area contributed by atoms with Crippen molar-refractivity contribution in [2.75, 3.05) is 0 Å². The van der Waals surface area contributed by atoms with Gasteiger partial charge in [-0.25, -0.2) is 4.98 Å². The smallest absolute Gasteiger partial charge is 0.138 e. The number of aryl methyl sites for hydroxylation is 1. The van der Waals surface area contributed by atoms with Crippen molar-refractivity contribution < 1.29 is 0 Å². The highest BCUT2D eigenvalue weighted by atomic mass is 35.5. The Labute approximate surface area is 115 Å². The van der Waals surface area contributed by atoms with E-state index in [0.717, 1.165) is 22.4 Å². The van der Waals surface area contributed by atoms with Crippen molar-refractivity contribution in [3.63, 3.8) is 0 Å². The van der Waals surface area contributed by atoms with Gasteiger partial charge < -0.3 is 4.98 Å². The molecule has 0 amide bonds. The third-order valence-corrected chi connectivity index (χ3v) is 3.54. The Kier molecular flexibility index (Phi) is 2.77. The maximum absolute atomic E-state index is 5.99. The summed E-state index contributed by atoms with van der Waals surface area (Å²) in [6.45, 7) is 2.06. The summed E-state index contributed by atoms with van der Waals surface area (Å²) in [6, 6.07) is 11.7. The van der Waals surface area contributed by atoms with E-state index in [4.69, 9.17) is 23.2 Å². The largest absolute Gasteiger partial charge is 0.338 e. The molecule has 0 unspecified atom stereocenters. The molecule has 0 atom stereocenters. The number of nitrogens with zero attached hydrogens (tertiary/aromatic N) is 1. The van der Waals surface area contributed by atoms with Crippen molar-refractivity contribution in [2.45, 2.75) is 6.92 Å². The van der Waals surface area contributed by atoms with E-state index >= 15 is 0 Å². The summed E-state index contributed by atoms with van der Waals surface area (Å²) in [5.41, 5.74) is 3.96. The van der Waals surface area contributed by atoms with Gasteiger partial charge in [-0.3, -0.25) is 0 Å². The summed E-state index contributed by atoms with van der Waals surface area (Å²) < 4.78 is 0. The number of halogens is 2. The lowest BCUT2D eigenvalue weighted by atomic mass is 10.1. The molecule has 0 radical (unpaired) electrons. The topological polar surface area (TPSA) is 28.7 Å². The molecule has 0 fully saturated rings. The predicted molar refractivity (Wildman–Crippen MR) is 76.3 cm³/mol. The minimum atomic E-state index is 0.520. The van der Waals surface area contributed by atoms with Gasteiger partial charge >= 0.3 is 0 Å². The molecule has 0 saturated heterocycles. The SMILES string of the molecule is Cc1cccc(-c2nc3cc(Cl)c(Cl)cc3[nH]2)c1. The molecule has 1 N–H and O–H groups in total. The zero-order chi connectivity index (χ0) is 12.7. The average molecular weight is 277 g/mol. The molecule has 3 rings (SSSR count). The van der Waals surface area contributed by atoms with E-state index in [0.29, 0.717) is 10.0 Å². The second-order valence-electron chi connectivity index (χ2n) is 4.24. The van der Waals surface area contributed by atoms with Gasteiger partial charge in [-0.1, -0.05) is 47.0 Å². The third kappa shape index (κ3) is 1.98. The van der Waals surface area contributed by atoms with Gasteiger partial charge in [-0.15, -0.1) is 0 Å². The number of benzene rings is 2. The second kappa shape index (κ2) is 4.30. The maximum Gasteiger partial charge on any atom is 0.138 e. The highest BCUT2D eigenvalue weighted by molar-refractivity contribution is 6.42. The van der Waals surface area contributed by atoms with Crippen LogP contribution in [0.3, 0.4) is 0 Å². The van der Waals surface area contributed by atoms with Crippen LogP contribution in [0.25, 0.3) is 22.4 Å². The van der Waals surface area contributed by atoms with Crippen LogP contribution in [0.15, 0.2) is 36.4 Å². The molecule has 90 valence electrons. The fraction of sp³-hybridized carbons (Fsp3) is 0.0714. The lowest BCUT2D eigenvalue weighted by molar-refractivity contribution is 1.32. The van der Waals surface area contributed by atoms with Crippen LogP contribution in [0.5, 0.6) is 0 Å². The second-order valence-corrected chi connectivity index (χ2v) is 5.05. The number of rotatable bonds is 1. The van der Waals surface area contributed by atoms with Crippen molar-refractivity contribution in [3.05, 3.63) is 52.0 Å². The number of nitrogens with one attached hydrogen (secondary N) is 1. The lowest BCUT2D eigenvalue weighted by Crippen LogP contribution is -1.80. The Morgan fingerprint density at radius 1 is 1.06 bits per heavy atom. The molecule has 0 spiro atoms. The van der Waals surface area contributed by atoms with Crippen LogP contribution in [-0.4, -0.2) is 9.97 Å². The van der Waals surface area contributed by atoms with Crippen LogP contribution in [0.4, 0.5) is 0 Å². The molecule has 0 aliphatic heterocycles. The fourth-order valence-corrected chi connectivity index (χ4v) is 2.26. The number of fused-ring (bicyclic) bond motifs is 1. The predicted octanol–water partition coefficient (Wildman–Crippen LogP) is 4.85. The van der Waals surface area contributed by atoms with Crippen LogP contribution < -0.4 is 0 Å². The molecule has 1 heterocycles. The Balaban J connectivity index is 2.19. The Hall–Kier alpha value is -1.51. The van der Waals surface area contributed by atoms with Crippen LogP contribution in [-0.2, 0) is 0 Å². The van der Waals surface area contributed by atoms with E-state index in [-0.39, 0.29) is 0 Å². The van der Waals surface area contributed by atoms with Crippen molar-refractivity contribution in [1.82, 2.24) is 9.97 Å². The Bertz CT molecular complexity index is 693. The molecule has 0 bridgehead atoms. The molecule has 18 heavy (non-hydrogen) atoms. The van der Waals surface area contributed by atoms with Gasteiger partial charge in [0.05, 0.1) is 21.1 Å². The first-order chi connectivity index (χ1) is 8.63. The maximum atomic E-state index is 5.99. The van der Waals surface area contributed by atoms with Crippen LogP contribution >= 0.6 is 23.2 Å². The quantitative estimate of drug-likeness (QED) is 0.677. The number of aromatic amines is 1. The first-order valence-corrected chi connectivity index (χ1v) is 6.31. The highest BCUT2D eigenvalue weighted by Gasteiger charge is 2.08. The summed E-state index contributed by atoms with van der Waals surface area (Å²) in [5.74, 6) is 0.826. The number of hydrogen-bond donors (Lipinski definition) is 1. The van der Waals surface area contributed by atoms with Gasteiger partial charge in [0.25, 0.3) is 0 Å². The molecule has 3 aromatic rings. The fourth-order valence-electron chi connectivity index (χ4n) is 1.93. The number of aromatic nitrogens is 2. The molecule has 0 aliphatic rings. The first kappa shape index (κ1) is 11.6. The van der Waals surface area contributed by atoms with Gasteiger partial charge in [-0.2, -0.15) is 0 Å². The normalized spacial score (nSPS) is 11.1. The standard InChI is InChI=1S/C14H10Cl2N2/c1-8-3-2-4-9(5-8)14-17-12-6-10(15)11(16)7-13(12)18-14/h2-7H,1H3,(H,17,18). The van der Waals surface area contributed by atoms with Gasteiger partial charge in [0.15, 0.2) is 0 Å². The molecule has 0 aliphatic carbocycles. The van der Waals surface area contributed by atoms with E-state index in [1.807, 2.05) is 12.1 Å². The average Bonchev–Trinajstić information content (AvgIpc) is 2.73.